The van der Waals surface area contributed by atoms with Gasteiger partial charge in [0.15, 0.2) is 0 Å². The Hall–Kier alpha value is -0.860. The smallest absolute Gasteiger partial charge is 0.0555 e. The second kappa shape index (κ2) is 10.2. The fourth-order valence-electron chi connectivity index (χ4n) is 0.915. The van der Waals surface area contributed by atoms with E-state index in [1.165, 1.54) is 5.56 Å². The first kappa shape index (κ1) is 13.1. The average molecular weight is 195 g/mol. The molecule has 0 aromatic heterocycles. The number of aliphatic hydroxyl groups is 1. The summed E-state index contributed by atoms with van der Waals surface area (Å²) in [6.45, 7) is 6.18. The predicted molar refractivity (Wildman–Crippen MR) is 61.4 cm³/mol. The van der Waals surface area contributed by atoms with Gasteiger partial charge in [-0.1, -0.05) is 42.8 Å². The van der Waals surface area contributed by atoms with Crippen LogP contribution in [0.3, 0.4) is 0 Å². The van der Waals surface area contributed by atoms with Crippen molar-refractivity contribution in [1.82, 2.24) is 5.32 Å². The van der Waals surface area contributed by atoms with Gasteiger partial charge in [0.25, 0.3) is 0 Å². The third kappa shape index (κ3) is 9.23. The number of aliphatic hydroxyl groups excluding tert-OH is 1. The van der Waals surface area contributed by atoms with Crippen molar-refractivity contribution < 1.29 is 5.11 Å². The van der Waals surface area contributed by atoms with Crippen molar-refractivity contribution in [2.24, 2.45) is 0 Å². The Balaban J connectivity index is 0.000000241. The van der Waals surface area contributed by atoms with Crippen LogP contribution in [-0.4, -0.2) is 24.8 Å². The molecule has 1 rings (SSSR count). The minimum Gasteiger partial charge on any atom is -0.395 e. The van der Waals surface area contributed by atoms with Crippen molar-refractivity contribution in [2.45, 2.75) is 20.3 Å². The molecular formula is C12H21NO. The van der Waals surface area contributed by atoms with Crippen LogP contribution in [0.15, 0.2) is 30.3 Å². The molecule has 0 bridgehead atoms. The largest absolute Gasteiger partial charge is 0.395 e. The summed E-state index contributed by atoms with van der Waals surface area (Å²) < 4.78 is 0. The average Bonchev–Trinajstić information content (AvgIpc) is 2.21. The zero-order chi connectivity index (χ0) is 10.6. The maximum Gasteiger partial charge on any atom is 0.0555 e. The van der Waals surface area contributed by atoms with E-state index < -0.39 is 0 Å². The lowest BCUT2D eigenvalue weighted by molar-refractivity contribution is 0.292. The zero-order valence-corrected chi connectivity index (χ0v) is 9.16. The molecule has 80 valence electrons. The third-order valence-electron chi connectivity index (χ3n) is 1.66. The number of benzene rings is 1. The standard InChI is InChI=1S/C7H8.C5H13NO/c1-7-5-3-2-4-6-7;1-2-3-6-4-5-7/h2-6H,1H3;6-7H,2-5H2,1H3. The van der Waals surface area contributed by atoms with E-state index in [2.05, 4.69) is 31.3 Å². The van der Waals surface area contributed by atoms with Gasteiger partial charge in [-0.25, -0.2) is 0 Å². The molecule has 2 heteroatoms. The summed E-state index contributed by atoms with van der Waals surface area (Å²) in [5.74, 6) is 0. The van der Waals surface area contributed by atoms with Gasteiger partial charge >= 0.3 is 0 Å². The number of nitrogens with one attached hydrogen (secondary N) is 1. The second-order valence-electron chi connectivity index (χ2n) is 3.13. The summed E-state index contributed by atoms with van der Waals surface area (Å²) in [6, 6.07) is 10.3. The number of hydrogen-bond acceptors (Lipinski definition) is 2. The van der Waals surface area contributed by atoms with Crippen molar-refractivity contribution in [2.75, 3.05) is 19.7 Å². The molecular weight excluding hydrogens is 174 g/mol. The molecule has 0 heterocycles. The van der Waals surface area contributed by atoms with Crippen molar-refractivity contribution in [1.29, 1.82) is 0 Å². The summed E-state index contributed by atoms with van der Waals surface area (Å²) in [5.41, 5.74) is 1.32. The first-order chi connectivity index (χ1) is 6.81. The van der Waals surface area contributed by atoms with Crippen LogP contribution in [0, 0.1) is 6.92 Å². The van der Waals surface area contributed by atoms with Crippen molar-refractivity contribution in [3.63, 3.8) is 0 Å². The van der Waals surface area contributed by atoms with Gasteiger partial charge in [0.05, 0.1) is 6.61 Å². The molecule has 0 fully saturated rings. The molecule has 1 aromatic carbocycles. The van der Waals surface area contributed by atoms with Gasteiger partial charge in [-0.05, 0) is 19.9 Å². The van der Waals surface area contributed by atoms with E-state index in [0.29, 0.717) is 0 Å². The number of hydrogen-bond donors (Lipinski definition) is 2. The van der Waals surface area contributed by atoms with Gasteiger partial charge in [-0.15, -0.1) is 0 Å². The van der Waals surface area contributed by atoms with E-state index in [-0.39, 0.29) is 6.61 Å². The van der Waals surface area contributed by atoms with Crippen LogP contribution in [0.5, 0.6) is 0 Å². The highest BCUT2D eigenvalue weighted by atomic mass is 16.3. The summed E-state index contributed by atoms with van der Waals surface area (Å²) in [7, 11) is 0. The molecule has 0 saturated carbocycles. The minimum absolute atomic E-state index is 0.250. The van der Waals surface area contributed by atoms with E-state index in [4.69, 9.17) is 5.11 Å². The molecule has 14 heavy (non-hydrogen) atoms. The highest BCUT2D eigenvalue weighted by molar-refractivity contribution is 5.11. The zero-order valence-electron chi connectivity index (χ0n) is 9.16. The van der Waals surface area contributed by atoms with Crippen LogP contribution in [0.2, 0.25) is 0 Å². The van der Waals surface area contributed by atoms with E-state index >= 15 is 0 Å². The fraction of sp³-hybridized carbons (Fsp3) is 0.500. The predicted octanol–water partition coefficient (Wildman–Crippen LogP) is 1.97. The Morgan fingerprint density at radius 2 is 1.79 bits per heavy atom. The van der Waals surface area contributed by atoms with Crippen molar-refractivity contribution in [3.8, 4) is 0 Å². The van der Waals surface area contributed by atoms with Gasteiger partial charge < -0.3 is 10.4 Å². The first-order valence-electron chi connectivity index (χ1n) is 5.14. The molecule has 0 aliphatic carbocycles. The van der Waals surface area contributed by atoms with Crippen LogP contribution in [0.4, 0.5) is 0 Å². The molecule has 0 spiro atoms. The Labute approximate surface area is 87.0 Å². The van der Waals surface area contributed by atoms with E-state index in [0.717, 1.165) is 19.5 Å². The summed E-state index contributed by atoms with van der Waals surface area (Å²) >= 11 is 0. The maximum atomic E-state index is 8.23. The molecule has 0 amide bonds. The molecule has 2 N–H and O–H groups in total. The van der Waals surface area contributed by atoms with Crippen molar-refractivity contribution >= 4 is 0 Å². The number of aryl methyl sites for hydroxylation is 1. The SMILES string of the molecule is CCCNCCO.Cc1ccccc1. The summed E-state index contributed by atoms with van der Waals surface area (Å²) in [4.78, 5) is 0. The lowest BCUT2D eigenvalue weighted by Gasteiger charge is -1.95. The minimum atomic E-state index is 0.250. The Kier molecular flexibility index (Phi) is 9.59. The van der Waals surface area contributed by atoms with Gasteiger partial charge in [0.2, 0.25) is 0 Å². The summed E-state index contributed by atoms with van der Waals surface area (Å²) in [5, 5.41) is 11.3. The normalized spacial score (nSPS) is 9.07. The molecule has 0 unspecified atom stereocenters. The van der Waals surface area contributed by atoms with Crippen LogP contribution in [-0.2, 0) is 0 Å². The van der Waals surface area contributed by atoms with Crippen LogP contribution in [0.1, 0.15) is 18.9 Å². The first-order valence-corrected chi connectivity index (χ1v) is 5.14. The third-order valence-corrected chi connectivity index (χ3v) is 1.66. The monoisotopic (exact) mass is 195 g/mol. The van der Waals surface area contributed by atoms with Gasteiger partial charge in [-0.3, -0.25) is 0 Å². The molecule has 0 saturated heterocycles. The lowest BCUT2D eigenvalue weighted by Crippen LogP contribution is -2.18. The fourth-order valence-corrected chi connectivity index (χ4v) is 0.915. The van der Waals surface area contributed by atoms with Crippen LogP contribution in [0.25, 0.3) is 0 Å². The van der Waals surface area contributed by atoms with E-state index in [1.807, 2.05) is 18.2 Å². The molecule has 0 atom stereocenters. The molecule has 0 aliphatic rings. The van der Waals surface area contributed by atoms with E-state index in [9.17, 15) is 0 Å². The topological polar surface area (TPSA) is 32.3 Å². The quantitative estimate of drug-likeness (QED) is 0.720. The Morgan fingerprint density at radius 1 is 1.14 bits per heavy atom. The number of rotatable bonds is 4. The Bertz CT molecular complexity index is 195. The molecule has 0 radical (unpaired) electrons. The van der Waals surface area contributed by atoms with Gasteiger partial charge in [0.1, 0.15) is 0 Å². The molecule has 1 aromatic rings. The van der Waals surface area contributed by atoms with Crippen LogP contribution >= 0.6 is 0 Å². The summed E-state index contributed by atoms with van der Waals surface area (Å²) in [6.07, 6.45) is 1.14. The molecule has 0 aliphatic heterocycles. The van der Waals surface area contributed by atoms with Crippen molar-refractivity contribution in [3.05, 3.63) is 35.9 Å². The maximum absolute atomic E-state index is 8.23. The second-order valence-corrected chi connectivity index (χ2v) is 3.13. The van der Waals surface area contributed by atoms with Gasteiger partial charge in [0, 0.05) is 6.54 Å². The van der Waals surface area contributed by atoms with Gasteiger partial charge in [-0.2, -0.15) is 0 Å². The lowest BCUT2D eigenvalue weighted by atomic mass is 10.2. The molecule has 2 nitrogen and oxygen atoms in total. The Morgan fingerprint density at radius 3 is 2.14 bits per heavy atom. The highest BCUT2D eigenvalue weighted by Crippen LogP contribution is 1.92. The van der Waals surface area contributed by atoms with E-state index in [1.54, 1.807) is 0 Å². The highest BCUT2D eigenvalue weighted by Gasteiger charge is 1.77. The van der Waals surface area contributed by atoms with Crippen LogP contribution < -0.4 is 5.32 Å².